The summed E-state index contributed by atoms with van der Waals surface area (Å²) in [5, 5.41) is 22.1. The number of benzene rings is 4. The molecule has 0 aliphatic heterocycles. The quantitative estimate of drug-likeness (QED) is 0.169. The molecule has 51 heavy (non-hydrogen) atoms. The molecule has 2 atom stereocenters. The molecule has 0 amide bonds. The predicted molar refractivity (Wildman–Crippen MR) is 196 cm³/mol. The van der Waals surface area contributed by atoms with Gasteiger partial charge < -0.3 is 28.9 Å². The molecule has 0 saturated heterocycles. The molecule has 6 nitrogen and oxygen atoms in total. The van der Waals surface area contributed by atoms with Crippen molar-refractivity contribution >= 4 is 106 Å². The van der Waals surface area contributed by atoms with Gasteiger partial charge in [0, 0.05) is 24.8 Å². The first kappa shape index (κ1) is 40.3. The van der Waals surface area contributed by atoms with Crippen LogP contribution in [0.5, 0.6) is 0 Å². The SMILES string of the molecule is CC1=C(CC(=O)[O-])c2cc(F)ccc2C1=Cc1ccc([S+](C)[O-])cc1.CC1=C(CC(=O)[O-])c2cc(F)ccc2C1=Cc1ccc([S+](C)[O-])cc1.[Ca+2]. The number of fused-ring (bicyclic) bond motifs is 2. The second-order valence-corrected chi connectivity index (χ2v) is 14.6. The molecule has 2 unspecified atom stereocenters. The third-order valence-corrected chi connectivity index (χ3v) is 10.5. The van der Waals surface area contributed by atoms with Crippen molar-refractivity contribution in [2.75, 3.05) is 12.5 Å². The van der Waals surface area contributed by atoms with E-state index in [1.165, 1.54) is 24.3 Å². The van der Waals surface area contributed by atoms with Crippen molar-refractivity contribution in [3.8, 4) is 0 Å². The number of hydrogen-bond acceptors (Lipinski definition) is 6. The number of carboxylic acids is 2. The molecule has 0 saturated carbocycles. The topological polar surface area (TPSA) is 126 Å². The summed E-state index contributed by atoms with van der Waals surface area (Å²) in [6.45, 7) is 3.66. The number of hydrogen-bond donors (Lipinski definition) is 0. The second kappa shape index (κ2) is 17.4. The van der Waals surface area contributed by atoms with Crippen molar-refractivity contribution in [1.29, 1.82) is 0 Å². The number of aliphatic carboxylic acids is 2. The minimum atomic E-state index is -1.19. The van der Waals surface area contributed by atoms with Crippen LogP contribution in [0.15, 0.2) is 106 Å². The van der Waals surface area contributed by atoms with Crippen LogP contribution in [-0.2, 0) is 31.9 Å². The Labute approximate surface area is 331 Å². The van der Waals surface area contributed by atoms with Crippen molar-refractivity contribution in [3.63, 3.8) is 0 Å². The summed E-state index contributed by atoms with van der Waals surface area (Å²) in [7, 11) is 0. The molecule has 0 aromatic heterocycles. The van der Waals surface area contributed by atoms with Crippen LogP contribution < -0.4 is 10.2 Å². The van der Waals surface area contributed by atoms with E-state index in [4.69, 9.17) is 0 Å². The third-order valence-electron chi connectivity index (χ3n) is 8.60. The zero-order valence-corrected chi connectivity index (χ0v) is 32.2. The van der Waals surface area contributed by atoms with Crippen molar-refractivity contribution in [2.45, 2.75) is 36.5 Å². The largest absolute Gasteiger partial charge is 2.00 e. The molecule has 0 fully saturated rings. The van der Waals surface area contributed by atoms with E-state index < -0.39 is 45.9 Å². The van der Waals surface area contributed by atoms with E-state index in [1.54, 1.807) is 48.9 Å². The van der Waals surface area contributed by atoms with Crippen LogP contribution in [0.25, 0.3) is 34.4 Å². The van der Waals surface area contributed by atoms with Crippen LogP contribution in [0.1, 0.15) is 60.1 Å². The molecular weight excluding hydrogens is 719 g/mol. The second-order valence-electron chi connectivity index (χ2n) is 11.8. The summed E-state index contributed by atoms with van der Waals surface area (Å²) in [6.07, 6.45) is 6.58. The van der Waals surface area contributed by atoms with E-state index in [9.17, 15) is 37.7 Å². The zero-order valence-electron chi connectivity index (χ0n) is 28.4. The standard InChI is InChI=1S/2C20H17FO3S.Ca/c2*1-12-17(9-13-3-6-15(7-4-13)25(2)24)16-8-5-14(21)10-19(16)18(12)11-20(22)23;/h2*3-10H,11H2,1-2H3,(H,22,23);/q;;+2/p-2. The van der Waals surface area contributed by atoms with Crippen LogP contribution >= 0.6 is 0 Å². The Kier molecular flexibility index (Phi) is 13.7. The monoisotopic (exact) mass is 750 g/mol. The fraction of sp³-hybridized carbons (Fsp3) is 0.150. The average Bonchev–Trinajstić information content (AvgIpc) is 3.45. The summed E-state index contributed by atoms with van der Waals surface area (Å²) in [5.74, 6) is -3.20. The third kappa shape index (κ3) is 9.50. The first-order chi connectivity index (χ1) is 23.7. The Morgan fingerprint density at radius 1 is 0.588 bits per heavy atom. The van der Waals surface area contributed by atoms with Gasteiger partial charge in [0.2, 0.25) is 0 Å². The van der Waals surface area contributed by atoms with E-state index in [0.29, 0.717) is 22.3 Å². The van der Waals surface area contributed by atoms with E-state index >= 15 is 0 Å². The average molecular weight is 751 g/mol. The summed E-state index contributed by atoms with van der Waals surface area (Å²) >= 11 is -2.09. The molecule has 0 spiro atoms. The summed E-state index contributed by atoms with van der Waals surface area (Å²) < 4.78 is 50.3. The number of halogens is 2. The van der Waals surface area contributed by atoms with Gasteiger partial charge in [-0.15, -0.1) is 0 Å². The van der Waals surface area contributed by atoms with Crippen LogP contribution in [0.3, 0.4) is 0 Å². The molecule has 0 bridgehead atoms. The maximum atomic E-state index is 13.6. The molecule has 0 radical (unpaired) electrons. The van der Waals surface area contributed by atoms with Crippen LogP contribution in [0, 0.1) is 11.6 Å². The van der Waals surface area contributed by atoms with Gasteiger partial charge in [-0.25, -0.2) is 8.78 Å². The van der Waals surface area contributed by atoms with E-state index in [-0.39, 0.29) is 50.6 Å². The number of carbonyl (C=O) groups is 2. The van der Waals surface area contributed by atoms with Gasteiger partial charge in [0.1, 0.15) is 24.1 Å². The summed E-state index contributed by atoms with van der Waals surface area (Å²) in [4.78, 5) is 23.6. The number of carboxylic acid groups (broad SMARTS) is 2. The van der Waals surface area contributed by atoms with Gasteiger partial charge in [0.05, 0.1) is 0 Å². The van der Waals surface area contributed by atoms with Gasteiger partial charge in [-0.2, -0.15) is 0 Å². The van der Waals surface area contributed by atoms with Crippen LogP contribution in [0.2, 0.25) is 0 Å². The van der Waals surface area contributed by atoms with Gasteiger partial charge in [0.25, 0.3) is 0 Å². The molecule has 0 heterocycles. The summed E-state index contributed by atoms with van der Waals surface area (Å²) in [5.41, 5.74) is 9.06. The van der Waals surface area contributed by atoms with Gasteiger partial charge in [0.15, 0.2) is 9.79 Å². The number of allylic oxidation sites excluding steroid dienone is 4. The maximum absolute atomic E-state index is 13.6. The molecule has 11 heteroatoms. The molecule has 0 N–H and O–H groups in total. The predicted octanol–water partition coefficient (Wildman–Crippen LogP) is 5.68. The molecule has 4 aromatic carbocycles. The molecule has 256 valence electrons. The van der Waals surface area contributed by atoms with E-state index in [2.05, 4.69) is 0 Å². The Bertz CT molecular complexity index is 1950. The van der Waals surface area contributed by atoms with Crippen LogP contribution in [-0.4, -0.2) is 71.3 Å². The minimum absolute atomic E-state index is 0. The zero-order chi connectivity index (χ0) is 36.3. The van der Waals surface area contributed by atoms with Crippen molar-refractivity contribution in [2.24, 2.45) is 0 Å². The van der Waals surface area contributed by atoms with Gasteiger partial charge in [-0.1, -0.05) is 12.1 Å². The van der Waals surface area contributed by atoms with Crippen molar-refractivity contribution in [3.05, 3.63) is 141 Å². The Balaban J connectivity index is 0.000000224. The van der Waals surface area contributed by atoms with Crippen molar-refractivity contribution < 1.29 is 37.7 Å². The van der Waals surface area contributed by atoms with Gasteiger partial charge >= 0.3 is 37.7 Å². The van der Waals surface area contributed by atoms with Crippen LogP contribution in [0.4, 0.5) is 8.78 Å². The maximum Gasteiger partial charge on any atom is 2.00 e. The molecule has 4 aromatic rings. The Morgan fingerprint density at radius 3 is 1.22 bits per heavy atom. The molecule has 6 rings (SSSR count). The molecule has 2 aliphatic carbocycles. The molecule has 2 aliphatic rings. The van der Waals surface area contributed by atoms with Crippen molar-refractivity contribution in [1.82, 2.24) is 0 Å². The number of carbonyl (C=O) groups excluding carboxylic acids is 2. The van der Waals surface area contributed by atoms with E-state index in [1.807, 2.05) is 50.3 Å². The first-order valence-electron chi connectivity index (χ1n) is 15.4. The fourth-order valence-electron chi connectivity index (χ4n) is 6.10. The van der Waals surface area contributed by atoms with E-state index in [0.717, 1.165) is 54.3 Å². The Morgan fingerprint density at radius 2 is 0.922 bits per heavy atom. The normalized spacial score (nSPS) is 15.9. The smallest absolute Gasteiger partial charge is 0.612 e. The van der Waals surface area contributed by atoms with Gasteiger partial charge in [-0.3, -0.25) is 0 Å². The number of rotatable bonds is 8. The first-order valence-corrected chi connectivity index (χ1v) is 18.6. The summed E-state index contributed by atoms with van der Waals surface area (Å²) in [6, 6.07) is 23.4. The fourth-order valence-corrected chi connectivity index (χ4v) is 7.13. The molecular formula is C40H32CaF2O6S2. The minimum Gasteiger partial charge on any atom is -0.612 e. The Hall–Kier alpha value is -3.48. The van der Waals surface area contributed by atoms with Gasteiger partial charge in [-0.05, 0) is 188 Å².